The zero-order chi connectivity index (χ0) is 23.4. The fourth-order valence-corrected chi connectivity index (χ4v) is 3.24. The highest BCUT2D eigenvalue weighted by Crippen LogP contribution is 2.25. The molecule has 8 nitrogen and oxygen atoms in total. The van der Waals surface area contributed by atoms with Crippen LogP contribution in [0.5, 0.6) is 5.75 Å². The zero-order valence-corrected chi connectivity index (χ0v) is 19.0. The first-order valence-corrected chi connectivity index (χ1v) is 10.5. The summed E-state index contributed by atoms with van der Waals surface area (Å²) in [5.74, 6) is -0.647. The van der Waals surface area contributed by atoms with Crippen LogP contribution >= 0.6 is 0 Å². The smallest absolute Gasteiger partial charge is 0.285 e. The third-order valence-electron chi connectivity index (χ3n) is 5.41. The molecule has 2 aromatic carbocycles. The molecule has 1 unspecified atom stereocenters. The Morgan fingerprint density at radius 3 is 2.53 bits per heavy atom. The van der Waals surface area contributed by atoms with Crippen molar-refractivity contribution >= 4 is 29.1 Å². The van der Waals surface area contributed by atoms with E-state index in [0.29, 0.717) is 11.4 Å². The maximum atomic E-state index is 12.6. The molecule has 0 radical (unpaired) electrons. The highest BCUT2D eigenvalue weighted by Gasteiger charge is 2.27. The van der Waals surface area contributed by atoms with Crippen molar-refractivity contribution in [3.8, 4) is 5.75 Å². The number of hydrazone groups is 1. The van der Waals surface area contributed by atoms with Gasteiger partial charge in [0.05, 0.1) is 5.69 Å². The van der Waals surface area contributed by atoms with Crippen LogP contribution in [0.4, 0.5) is 5.69 Å². The number of carbonyl (C=O) groups excluding carboxylic acids is 3. The Morgan fingerprint density at radius 1 is 1.03 bits per heavy atom. The van der Waals surface area contributed by atoms with Gasteiger partial charge in [-0.05, 0) is 69.0 Å². The predicted molar refractivity (Wildman–Crippen MR) is 122 cm³/mol. The van der Waals surface area contributed by atoms with Crippen LogP contribution in [-0.2, 0) is 14.4 Å². The molecule has 0 bridgehead atoms. The maximum absolute atomic E-state index is 12.6. The van der Waals surface area contributed by atoms with E-state index in [1.54, 1.807) is 13.0 Å². The summed E-state index contributed by atoms with van der Waals surface area (Å²) in [6.45, 7) is 9.28. The molecular weight excluding hydrogens is 408 g/mol. The SMILES string of the molecule is Cc1ccc(C)c(N2N=C(C(=O)NNC(=O)C(C)Oc3cccc(C)c3C)CCC2=O)c1. The fourth-order valence-electron chi connectivity index (χ4n) is 3.24. The lowest BCUT2D eigenvalue weighted by Gasteiger charge is -2.25. The first-order valence-electron chi connectivity index (χ1n) is 10.5. The number of hydrogen-bond acceptors (Lipinski definition) is 5. The van der Waals surface area contributed by atoms with Crippen molar-refractivity contribution in [2.24, 2.45) is 5.10 Å². The van der Waals surface area contributed by atoms with Crippen molar-refractivity contribution in [3.05, 3.63) is 58.7 Å². The number of nitrogens with one attached hydrogen (secondary N) is 2. The number of benzene rings is 2. The van der Waals surface area contributed by atoms with Gasteiger partial charge in [-0.15, -0.1) is 0 Å². The summed E-state index contributed by atoms with van der Waals surface area (Å²) in [5.41, 5.74) is 9.40. The van der Waals surface area contributed by atoms with E-state index in [0.717, 1.165) is 22.3 Å². The van der Waals surface area contributed by atoms with E-state index in [9.17, 15) is 14.4 Å². The Balaban J connectivity index is 1.64. The first-order chi connectivity index (χ1) is 15.2. The Hall–Kier alpha value is -3.68. The number of hydrogen-bond donors (Lipinski definition) is 2. The number of hydrazine groups is 1. The van der Waals surface area contributed by atoms with Gasteiger partial charge in [-0.3, -0.25) is 25.2 Å². The van der Waals surface area contributed by atoms with E-state index in [1.165, 1.54) is 5.01 Å². The number of carbonyl (C=O) groups is 3. The number of nitrogens with zero attached hydrogens (tertiary/aromatic N) is 2. The molecule has 8 heteroatoms. The zero-order valence-electron chi connectivity index (χ0n) is 19.0. The Morgan fingerprint density at radius 2 is 1.78 bits per heavy atom. The van der Waals surface area contributed by atoms with Crippen molar-refractivity contribution in [1.29, 1.82) is 0 Å². The molecule has 1 aliphatic heterocycles. The first kappa shape index (κ1) is 23.0. The number of aryl methyl sites for hydroxylation is 3. The number of ether oxygens (including phenoxy) is 1. The van der Waals surface area contributed by atoms with Crippen molar-refractivity contribution in [2.75, 3.05) is 5.01 Å². The molecule has 0 saturated carbocycles. The topological polar surface area (TPSA) is 100 Å². The lowest BCUT2D eigenvalue weighted by Crippen LogP contribution is -2.50. The molecule has 3 rings (SSSR count). The molecule has 0 aliphatic carbocycles. The molecule has 3 amide bonds. The molecule has 0 saturated heterocycles. The molecule has 0 fully saturated rings. The molecule has 32 heavy (non-hydrogen) atoms. The molecule has 1 atom stereocenters. The monoisotopic (exact) mass is 436 g/mol. The summed E-state index contributed by atoms with van der Waals surface area (Å²) < 4.78 is 5.73. The summed E-state index contributed by atoms with van der Waals surface area (Å²) >= 11 is 0. The third kappa shape index (κ3) is 5.14. The van der Waals surface area contributed by atoms with Gasteiger partial charge < -0.3 is 4.74 Å². The number of amides is 3. The molecule has 1 aliphatic rings. The van der Waals surface area contributed by atoms with Gasteiger partial charge >= 0.3 is 0 Å². The average molecular weight is 437 g/mol. The summed E-state index contributed by atoms with van der Waals surface area (Å²) in [4.78, 5) is 37.4. The van der Waals surface area contributed by atoms with Gasteiger partial charge in [0.15, 0.2) is 6.10 Å². The summed E-state index contributed by atoms with van der Waals surface area (Å²) in [6, 6.07) is 11.3. The molecule has 2 aromatic rings. The molecular formula is C24H28N4O4. The minimum atomic E-state index is -0.822. The highest BCUT2D eigenvalue weighted by atomic mass is 16.5. The Kier molecular flexibility index (Phi) is 6.92. The predicted octanol–water partition coefficient (Wildman–Crippen LogP) is 3.02. The molecule has 0 spiro atoms. The third-order valence-corrected chi connectivity index (χ3v) is 5.41. The van der Waals surface area contributed by atoms with Gasteiger partial charge in [0, 0.05) is 12.8 Å². The minimum absolute atomic E-state index is 0.153. The molecule has 2 N–H and O–H groups in total. The van der Waals surface area contributed by atoms with Crippen molar-refractivity contribution in [2.45, 2.75) is 53.6 Å². The van der Waals surface area contributed by atoms with E-state index < -0.39 is 17.9 Å². The molecule has 168 valence electrons. The fraction of sp³-hybridized carbons (Fsp3) is 0.333. The van der Waals surface area contributed by atoms with Crippen LogP contribution in [0.15, 0.2) is 41.5 Å². The van der Waals surface area contributed by atoms with E-state index in [2.05, 4.69) is 16.0 Å². The maximum Gasteiger partial charge on any atom is 0.285 e. The lowest BCUT2D eigenvalue weighted by molar-refractivity contribution is -0.131. The van der Waals surface area contributed by atoms with Crippen molar-refractivity contribution in [3.63, 3.8) is 0 Å². The summed E-state index contributed by atoms with van der Waals surface area (Å²) in [7, 11) is 0. The highest BCUT2D eigenvalue weighted by molar-refractivity contribution is 6.40. The van der Waals surface area contributed by atoms with Crippen LogP contribution in [0.3, 0.4) is 0 Å². The molecule has 1 heterocycles. The quantitative estimate of drug-likeness (QED) is 0.704. The Bertz CT molecular complexity index is 1090. The van der Waals surface area contributed by atoms with Crippen LogP contribution in [0.1, 0.15) is 42.0 Å². The van der Waals surface area contributed by atoms with Crippen molar-refractivity contribution < 1.29 is 19.1 Å². The van der Waals surface area contributed by atoms with Crippen LogP contribution < -0.4 is 20.6 Å². The number of rotatable bonds is 5. The van der Waals surface area contributed by atoms with Crippen molar-refractivity contribution in [1.82, 2.24) is 10.9 Å². The van der Waals surface area contributed by atoms with Gasteiger partial charge in [-0.25, -0.2) is 5.01 Å². The van der Waals surface area contributed by atoms with Crippen LogP contribution in [0, 0.1) is 27.7 Å². The standard InChI is InChI=1S/C24H28N4O4/c1-14-9-10-16(3)20(13-14)28-22(29)12-11-19(27-28)24(31)26-25-23(30)18(5)32-21-8-6-7-15(2)17(21)4/h6-10,13,18H,11-12H2,1-5H3,(H,25,30)(H,26,31). The van der Waals surface area contributed by atoms with Gasteiger partial charge in [0.25, 0.3) is 11.8 Å². The van der Waals surface area contributed by atoms with Gasteiger partial charge in [0.2, 0.25) is 5.91 Å². The van der Waals surface area contributed by atoms with Gasteiger partial charge in [0.1, 0.15) is 11.5 Å². The average Bonchev–Trinajstić information content (AvgIpc) is 2.77. The van der Waals surface area contributed by atoms with Gasteiger partial charge in [-0.2, -0.15) is 5.10 Å². The van der Waals surface area contributed by atoms with Crippen LogP contribution in [0.25, 0.3) is 0 Å². The molecule has 0 aromatic heterocycles. The van der Waals surface area contributed by atoms with Crippen LogP contribution in [0.2, 0.25) is 0 Å². The van der Waals surface area contributed by atoms with Gasteiger partial charge in [-0.1, -0.05) is 24.3 Å². The second-order valence-electron chi connectivity index (χ2n) is 7.94. The summed E-state index contributed by atoms with van der Waals surface area (Å²) in [5, 5.41) is 5.51. The van der Waals surface area contributed by atoms with E-state index >= 15 is 0 Å². The lowest BCUT2D eigenvalue weighted by atomic mass is 10.1. The number of anilines is 1. The normalized spacial score (nSPS) is 14.5. The van der Waals surface area contributed by atoms with Crippen LogP contribution in [-0.4, -0.2) is 29.5 Å². The van der Waals surface area contributed by atoms with E-state index in [-0.39, 0.29) is 24.5 Å². The minimum Gasteiger partial charge on any atom is -0.481 e. The second kappa shape index (κ2) is 9.64. The van der Waals surface area contributed by atoms with E-state index in [4.69, 9.17) is 4.74 Å². The van der Waals surface area contributed by atoms with E-state index in [1.807, 2.05) is 58.0 Å². The Labute approximate surface area is 187 Å². The largest absolute Gasteiger partial charge is 0.481 e. The second-order valence-corrected chi connectivity index (χ2v) is 7.94. The summed E-state index contributed by atoms with van der Waals surface area (Å²) in [6.07, 6.45) is -0.479.